The number of nitrogens with zero attached hydrogens (tertiary/aromatic N) is 1. The van der Waals surface area contributed by atoms with Crippen LogP contribution < -0.4 is 10.2 Å². The van der Waals surface area contributed by atoms with E-state index in [4.69, 9.17) is 0 Å². The third-order valence-corrected chi connectivity index (χ3v) is 3.15. The molecule has 0 aromatic heterocycles. The molecule has 0 amide bonds. The zero-order valence-electron chi connectivity index (χ0n) is 10.4. The van der Waals surface area contributed by atoms with Crippen molar-refractivity contribution >= 4 is 11.4 Å². The molecular formula is C14H22N2. The van der Waals surface area contributed by atoms with Gasteiger partial charge in [0.1, 0.15) is 0 Å². The molecule has 0 aliphatic carbocycles. The van der Waals surface area contributed by atoms with E-state index in [0.717, 1.165) is 19.0 Å². The van der Waals surface area contributed by atoms with Gasteiger partial charge in [0.05, 0.1) is 11.4 Å². The summed E-state index contributed by atoms with van der Waals surface area (Å²) in [4.78, 5) is 2.51. The molecule has 0 unspecified atom stereocenters. The normalized spacial score (nSPS) is 14.8. The Kier molecular flexibility index (Phi) is 3.70. The summed E-state index contributed by atoms with van der Waals surface area (Å²) in [5, 5.41) is 3.45. The van der Waals surface area contributed by atoms with Gasteiger partial charge >= 0.3 is 0 Å². The molecule has 16 heavy (non-hydrogen) atoms. The first-order valence-electron chi connectivity index (χ1n) is 6.35. The van der Waals surface area contributed by atoms with Crippen LogP contribution in [0.5, 0.6) is 0 Å². The highest BCUT2D eigenvalue weighted by Crippen LogP contribution is 2.28. The molecule has 1 aromatic rings. The van der Waals surface area contributed by atoms with Crippen LogP contribution in [0.3, 0.4) is 0 Å². The van der Waals surface area contributed by atoms with Crippen molar-refractivity contribution in [2.24, 2.45) is 5.92 Å². The van der Waals surface area contributed by atoms with Crippen LogP contribution in [0, 0.1) is 5.92 Å². The predicted octanol–water partition coefficient (Wildman–Crippen LogP) is 3.35. The van der Waals surface area contributed by atoms with E-state index in [1.807, 2.05) is 0 Å². The van der Waals surface area contributed by atoms with Gasteiger partial charge in [-0.3, -0.25) is 0 Å². The lowest BCUT2D eigenvalue weighted by molar-refractivity contribution is 0.549. The van der Waals surface area contributed by atoms with Crippen molar-refractivity contribution in [2.75, 3.05) is 29.9 Å². The van der Waals surface area contributed by atoms with Gasteiger partial charge in [-0.25, -0.2) is 0 Å². The largest absolute Gasteiger partial charge is 0.382 e. The number of para-hydroxylation sites is 2. The van der Waals surface area contributed by atoms with Gasteiger partial charge in [0.15, 0.2) is 0 Å². The predicted molar refractivity (Wildman–Crippen MR) is 71.2 cm³/mol. The Hall–Kier alpha value is -1.18. The highest BCUT2D eigenvalue weighted by Gasteiger charge is 2.14. The Balaban J connectivity index is 1.96. The zero-order valence-corrected chi connectivity index (χ0v) is 10.4. The minimum Gasteiger partial charge on any atom is -0.382 e. The van der Waals surface area contributed by atoms with Gasteiger partial charge in [-0.2, -0.15) is 0 Å². The molecular weight excluding hydrogens is 196 g/mol. The first kappa shape index (κ1) is 11.3. The molecule has 0 spiro atoms. The van der Waals surface area contributed by atoms with Gasteiger partial charge in [0.25, 0.3) is 0 Å². The summed E-state index contributed by atoms with van der Waals surface area (Å²) in [7, 11) is 0. The fourth-order valence-electron chi connectivity index (χ4n) is 2.27. The maximum Gasteiger partial charge on any atom is 0.0602 e. The van der Waals surface area contributed by atoms with E-state index in [0.29, 0.717) is 0 Å². The van der Waals surface area contributed by atoms with Crippen LogP contribution in [0.4, 0.5) is 11.4 Å². The van der Waals surface area contributed by atoms with E-state index in [1.165, 1.54) is 30.8 Å². The van der Waals surface area contributed by atoms with Gasteiger partial charge in [-0.15, -0.1) is 0 Å². The van der Waals surface area contributed by atoms with Crippen LogP contribution in [0.15, 0.2) is 24.3 Å². The second-order valence-electron chi connectivity index (χ2n) is 4.97. The van der Waals surface area contributed by atoms with E-state index in [-0.39, 0.29) is 0 Å². The van der Waals surface area contributed by atoms with E-state index < -0.39 is 0 Å². The third-order valence-electron chi connectivity index (χ3n) is 3.15. The van der Waals surface area contributed by atoms with Crippen molar-refractivity contribution in [3.8, 4) is 0 Å². The van der Waals surface area contributed by atoms with Crippen molar-refractivity contribution in [3.63, 3.8) is 0 Å². The number of hydrogen-bond acceptors (Lipinski definition) is 2. The number of fused-ring (bicyclic) bond motifs is 1. The molecule has 0 saturated carbocycles. The van der Waals surface area contributed by atoms with Crippen LogP contribution >= 0.6 is 0 Å². The summed E-state index contributed by atoms with van der Waals surface area (Å²) in [5.74, 6) is 0.818. The van der Waals surface area contributed by atoms with E-state index >= 15 is 0 Å². The van der Waals surface area contributed by atoms with Crippen molar-refractivity contribution < 1.29 is 0 Å². The Morgan fingerprint density at radius 1 is 1.31 bits per heavy atom. The SMILES string of the molecule is CC(C)CCCN1CCNc2ccccc21. The Labute approximate surface area is 98.7 Å². The fraction of sp³-hybridized carbons (Fsp3) is 0.571. The topological polar surface area (TPSA) is 15.3 Å². The van der Waals surface area contributed by atoms with Gasteiger partial charge in [-0.1, -0.05) is 26.0 Å². The maximum absolute atomic E-state index is 3.45. The smallest absolute Gasteiger partial charge is 0.0602 e. The molecule has 88 valence electrons. The molecule has 0 saturated heterocycles. The van der Waals surface area contributed by atoms with Crippen LogP contribution in [-0.2, 0) is 0 Å². The van der Waals surface area contributed by atoms with Crippen molar-refractivity contribution in [1.29, 1.82) is 0 Å². The molecule has 0 bridgehead atoms. The number of hydrogen-bond donors (Lipinski definition) is 1. The summed E-state index contributed by atoms with van der Waals surface area (Å²) in [6.07, 6.45) is 2.62. The van der Waals surface area contributed by atoms with Crippen LogP contribution in [0.1, 0.15) is 26.7 Å². The minimum absolute atomic E-state index is 0.818. The monoisotopic (exact) mass is 218 g/mol. The lowest BCUT2D eigenvalue weighted by Gasteiger charge is -2.32. The molecule has 2 heteroatoms. The molecule has 1 heterocycles. The average Bonchev–Trinajstić information content (AvgIpc) is 2.29. The van der Waals surface area contributed by atoms with Gasteiger partial charge in [0, 0.05) is 19.6 Å². The zero-order chi connectivity index (χ0) is 11.4. The molecule has 2 nitrogen and oxygen atoms in total. The Morgan fingerprint density at radius 2 is 2.12 bits per heavy atom. The first-order chi connectivity index (χ1) is 7.77. The molecule has 0 fully saturated rings. The molecule has 1 aliphatic heterocycles. The molecule has 2 rings (SSSR count). The summed E-state index contributed by atoms with van der Waals surface area (Å²) < 4.78 is 0. The van der Waals surface area contributed by atoms with E-state index in [1.54, 1.807) is 0 Å². The molecule has 1 aliphatic rings. The van der Waals surface area contributed by atoms with Crippen LogP contribution in [-0.4, -0.2) is 19.6 Å². The Bertz CT molecular complexity index is 333. The first-order valence-corrected chi connectivity index (χ1v) is 6.35. The number of benzene rings is 1. The van der Waals surface area contributed by atoms with Gasteiger partial charge in [0.2, 0.25) is 0 Å². The fourth-order valence-corrected chi connectivity index (χ4v) is 2.27. The molecule has 0 atom stereocenters. The van der Waals surface area contributed by atoms with Crippen molar-refractivity contribution in [1.82, 2.24) is 0 Å². The average molecular weight is 218 g/mol. The van der Waals surface area contributed by atoms with Crippen molar-refractivity contribution in [3.05, 3.63) is 24.3 Å². The van der Waals surface area contributed by atoms with Crippen molar-refractivity contribution in [2.45, 2.75) is 26.7 Å². The van der Waals surface area contributed by atoms with Gasteiger partial charge < -0.3 is 10.2 Å². The minimum atomic E-state index is 0.818. The number of nitrogens with one attached hydrogen (secondary N) is 1. The summed E-state index contributed by atoms with van der Waals surface area (Å²) >= 11 is 0. The van der Waals surface area contributed by atoms with Crippen LogP contribution in [0.25, 0.3) is 0 Å². The standard InChI is InChI=1S/C14H22N2/c1-12(2)6-5-10-16-11-9-15-13-7-3-4-8-14(13)16/h3-4,7-8,12,15H,5-6,9-11H2,1-2H3. The third kappa shape index (κ3) is 2.69. The summed E-state index contributed by atoms with van der Waals surface area (Å²) in [5.41, 5.74) is 2.66. The van der Waals surface area contributed by atoms with E-state index in [2.05, 4.69) is 48.3 Å². The number of rotatable bonds is 4. The van der Waals surface area contributed by atoms with E-state index in [9.17, 15) is 0 Å². The lowest BCUT2D eigenvalue weighted by Crippen LogP contribution is -2.34. The number of anilines is 2. The van der Waals surface area contributed by atoms with Gasteiger partial charge in [-0.05, 0) is 30.9 Å². The highest BCUT2D eigenvalue weighted by atomic mass is 15.2. The Morgan fingerprint density at radius 3 is 2.94 bits per heavy atom. The van der Waals surface area contributed by atoms with Crippen LogP contribution in [0.2, 0.25) is 0 Å². The molecule has 0 radical (unpaired) electrons. The lowest BCUT2D eigenvalue weighted by atomic mass is 10.1. The summed E-state index contributed by atoms with van der Waals surface area (Å²) in [6.45, 7) is 7.99. The second kappa shape index (κ2) is 5.24. The molecule has 1 aromatic carbocycles. The molecule has 1 N–H and O–H groups in total. The summed E-state index contributed by atoms with van der Waals surface area (Å²) in [6, 6.07) is 8.62. The quantitative estimate of drug-likeness (QED) is 0.833. The highest BCUT2D eigenvalue weighted by molar-refractivity contribution is 5.71. The second-order valence-corrected chi connectivity index (χ2v) is 4.97. The maximum atomic E-state index is 3.45.